The first kappa shape index (κ1) is 15.4. The van der Waals surface area contributed by atoms with Crippen LogP contribution in [0.15, 0.2) is 41.3 Å². The van der Waals surface area contributed by atoms with Crippen molar-refractivity contribution in [2.45, 2.75) is 25.8 Å². The van der Waals surface area contributed by atoms with Crippen LogP contribution in [-0.2, 0) is 4.79 Å². The van der Waals surface area contributed by atoms with Crippen LogP contribution in [0.2, 0.25) is 0 Å². The third kappa shape index (κ3) is 3.83. The zero-order valence-corrected chi connectivity index (χ0v) is 13.3. The Morgan fingerprint density at radius 2 is 1.96 bits per heavy atom. The van der Waals surface area contributed by atoms with Gasteiger partial charge in [-0.3, -0.25) is 4.79 Å². The summed E-state index contributed by atoms with van der Waals surface area (Å²) in [7, 11) is 0. The molecule has 1 fully saturated rings. The number of likely N-dealkylation sites (tertiary alicyclic amines) is 1. The second-order valence-electron chi connectivity index (χ2n) is 5.88. The first-order chi connectivity index (χ1) is 11.1. The summed E-state index contributed by atoms with van der Waals surface area (Å²) in [5, 5.41) is 0. The third-order valence-corrected chi connectivity index (χ3v) is 4.27. The smallest absolute Gasteiger partial charge is 0.235 e. The highest BCUT2D eigenvalue weighted by Crippen LogP contribution is 2.22. The number of aliphatic imine (C=N–C) groups is 1. The molecule has 1 amide bonds. The molecule has 2 heterocycles. The van der Waals surface area contributed by atoms with Crippen LogP contribution in [0.3, 0.4) is 0 Å². The Kier molecular flexibility index (Phi) is 4.50. The van der Waals surface area contributed by atoms with Gasteiger partial charge in [-0.15, -0.1) is 0 Å². The number of nitrogens with two attached hydrogens (primary N) is 1. The van der Waals surface area contributed by atoms with Crippen LogP contribution < -0.4 is 10.5 Å². The van der Waals surface area contributed by atoms with Gasteiger partial charge in [0.2, 0.25) is 11.8 Å². The lowest BCUT2D eigenvalue weighted by molar-refractivity contribution is -0.130. The maximum atomic E-state index is 11.4. The minimum absolute atomic E-state index is 0.159. The molecule has 0 aromatic heterocycles. The van der Waals surface area contributed by atoms with Crippen LogP contribution in [0.4, 0.5) is 5.69 Å². The van der Waals surface area contributed by atoms with Crippen molar-refractivity contribution in [3.63, 3.8) is 0 Å². The molecule has 1 aromatic rings. The molecule has 122 valence electrons. The number of anilines is 1. The minimum Gasteiger partial charge on any atom is -0.438 e. The average molecular weight is 314 g/mol. The maximum absolute atomic E-state index is 11.4. The average Bonchev–Trinajstić information content (AvgIpc) is 2.57. The molecular formula is C17H22N4O2. The molecule has 2 aliphatic heterocycles. The van der Waals surface area contributed by atoms with Gasteiger partial charge in [-0.05, 0) is 37.1 Å². The fourth-order valence-electron chi connectivity index (χ4n) is 2.93. The lowest BCUT2D eigenvalue weighted by atomic mass is 10.0. The maximum Gasteiger partial charge on any atom is 0.235 e. The second kappa shape index (κ2) is 6.73. The number of rotatable bonds is 3. The predicted octanol–water partition coefficient (Wildman–Crippen LogP) is 1.84. The van der Waals surface area contributed by atoms with Crippen LogP contribution in [-0.4, -0.2) is 47.6 Å². The largest absolute Gasteiger partial charge is 0.438 e. The van der Waals surface area contributed by atoms with Crippen molar-refractivity contribution in [3.8, 4) is 5.75 Å². The Bertz CT molecular complexity index is 616. The molecule has 0 unspecified atom stereocenters. The van der Waals surface area contributed by atoms with Gasteiger partial charge >= 0.3 is 0 Å². The number of carbonyl (C=O) groups is 1. The van der Waals surface area contributed by atoms with Crippen LogP contribution in [0.5, 0.6) is 5.75 Å². The summed E-state index contributed by atoms with van der Waals surface area (Å²) < 4.78 is 5.79. The summed E-state index contributed by atoms with van der Waals surface area (Å²) in [6, 6.07) is 7.68. The number of hydrogen-bond acceptors (Lipinski definition) is 5. The van der Waals surface area contributed by atoms with E-state index in [0.29, 0.717) is 17.6 Å². The molecule has 23 heavy (non-hydrogen) atoms. The van der Waals surface area contributed by atoms with Crippen molar-refractivity contribution in [2.75, 3.05) is 25.4 Å². The number of piperidine rings is 1. The number of nitrogens with zero attached hydrogens (tertiary/aromatic N) is 3. The molecule has 6 nitrogen and oxygen atoms in total. The summed E-state index contributed by atoms with van der Waals surface area (Å²) in [4.78, 5) is 19.9. The van der Waals surface area contributed by atoms with E-state index < -0.39 is 0 Å². The molecule has 0 aliphatic carbocycles. The second-order valence-corrected chi connectivity index (χ2v) is 5.88. The molecule has 6 heteroatoms. The van der Waals surface area contributed by atoms with Crippen LogP contribution in [0.1, 0.15) is 19.8 Å². The molecular weight excluding hydrogens is 292 g/mol. The monoisotopic (exact) mass is 314 g/mol. The molecule has 3 rings (SSSR count). The molecule has 0 radical (unpaired) electrons. The van der Waals surface area contributed by atoms with Crippen molar-refractivity contribution in [3.05, 3.63) is 36.3 Å². The zero-order chi connectivity index (χ0) is 16.2. The predicted molar refractivity (Wildman–Crippen MR) is 90.0 cm³/mol. The minimum atomic E-state index is 0.159. The summed E-state index contributed by atoms with van der Waals surface area (Å²) in [5.41, 5.74) is 6.38. The van der Waals surface area contributed by atoms with Crippen LogP contribution >= 0.6 is 0 Å². The van der Waals surface area contributed by atoms with Gasteiger partial charge in [0.25, 0.3) is 0 Å². The summed E-state index contributed by atoms with van der Waals surface area (Å²) in [6.07, 6.45) is 5.77. The van der Waals surface area contributed by atoms with Gasteiger partial charge < -0.3 is 20.3 Å². The van der Waals surface area contributed by atoms with Crippen LogP contribution in [0, 0.1) is 0 Å². The van der Waals surface area contributed by atoms with Crippen LogP contribution in [0.25, 0.3) is 0 Å². The van der Waals surface area contributed by atoms with E-state index in [1.807, 2.05) is 29.4 Å². The van der Waals surface area contributed by atoms with Gasteiger partial charge in [-0.25, -0.2) is 4.99 Å². The van der Waals surface area contributed by atoms with E-state index in [0.717, 1.165) is 38.2 Å². The summed E-state index contributed by atoms with van der Waals surface area (Å²) in [5.74, 6) is 1.46. The first-order valence-corrected chi connectivity index (χ1v) is 7.91. The van der Waals surface area contributed by atoms with Gasteiger partial charge in [0.1, 0.15) is 5.75 Å². The molecule has 0 atom stereocenters. The highest BCUT2D eigenvalue weighted by atomic mass is 16.5. The highest BCUT2D eigenvalue weighted by Gasteiger charge is 2.25. The summed E-state index contributed by atoms with van der Waals surface area (Å²) >= 11 is 0. The quantitative estimate of drug-likeness (QED) is 0.864. The number of benzene rings is 1. The van der Waals surface area contributed by atoms with Crippen molar-refractivity contribution in [1.82, 2.24) is 9.80 Å². The first-order valence-electron chi connectivity index (χ1n) is 7.91. The van der Waals surface area contributed by atoms with E-state index in [-0.39, 0.29) is 5.91 Å². The van der Waals surface area contributed by atoms with E-state index >= 15 is 0 Å². The molecule has 1 aromatic carbocycles. The number of hydrogen-bond donors (Lipinski definition) is 1. The number of ether oxygens (including phenoxy) is 1. The Morgan fingerprint density at radius 1 is 1.26 bits per heavy atom. The van der Waals surface area contributed by atoms with Crippen molar-refractivity contribution in [1.29, 1.82) is 0 Å². The van der Waals surface area contributed by atoms with E-state index in [1.165, 1.54) is 0 Å². The number of carbonyl (C=O) groups excluding carboxylic acids is 1. The van der Waals surface area contributed by atoms with Crippen molar-refractivity contribution >= 4 is 17.8 Å². The molecule has 0 spiro atoms. The molecule has 0 bridgehead atoms. The standard InChI is InChI=1S/C17H22N4O2/c1-13(22)20-9-6-15(7-10-20)21-11-8-19-17(12-21)23-16-4-2-14(18)3-5-16/h2-5,8,12,15H,6-7,9-11,18H2,1H3. The number of amides is 1. The van der Waals surface area contributed by atoms with Crippen molar-refractivity contribution < 1.29 is 9.53 Å². The fraction of sp³-hybridized carbons (Fsp3) is 0.412. The van der Waals surface area contributed by atoms with Gasteiger partial charge in [0.05, 0.1) is 12.7 Å². The lowest BCUT2D eigenvalue weighted by Crippen LogP contribution is -2.45. The topological polar surface area (TPSA) is 71.2 Å². The van der Waals surface area contributed by atoms with Crippen molar-refractivity contribution in [2.24, 2.45) is 4.99 Å². The van der Waals surface area contributed by atoms with Gasteiger partial charge in [0, 0.05) is 38.0 Å². The Labute approximate surface area is 136 Å². The van der Waals surface area contributed by atoms with E-state index in [9.17, 15) is 4.79 Å². The zero-order valence-electron chi connectivity index (χ0n) is 13.3. The molecule has 1 saturated heterocycles. The Balaban J connectivity index is 1.61. The highest BCUT2D eigenvalue weighted by molar-refractivity contribution is 5.73. The number of nitrogen functional groups attached to an aromatic ring is 1. The fourth-order valence-corrected chi connectivity index (χ4v) is 2.93. The molecule has 2 N–H and O–H groups in total. The molecule has 2 aliphatic rings. The normalized spacial score (nSPS) is 18.7. The van der Waals surface area contributed by atoms with Gasteiger partial charge in [-0.1, -0.05) is 0 Å². The summed E-state index contributed by atoms with van der Waals surface area (Å²) in [6.45, 7) is 4.04. The van der Waals surface area contributed by atoms with E-state index in [1.54, 1.807) is 19.1 Å². The molecule has 0 saturated carbocycles. The van der Waals surface area contributed by atoms with E-state index in [2.05, 4.69) is 9.89 Å². The third-order valence-electron chi connectivity index (χ3n) is 4.27. The van der Waals surface area contributed by atoms with E-state index in [4.69, 9.17) is 10.5 Å². The lowest BCUT2D eigenvalue weighted by Gasteiger charge is -2.38. The van der Waals surface area contributed by atoms with Gasteiger partial charge in [0.15, 0.2) is 0 Å². The Hall–Kier alpha value is -2.50. The SMILES string of the molecule is CC(=O)N1CCC(N2C=C(Oc3ccc(N)cc3)N=CC2)CC1. The van der Waals surface area contributed by atoms with Gasteiger partial charge in [-0.2, -0.15) is 0 Å². The Morgan fingerprint density at radius 3 is 2.61 bits per heavy atom.